The van der Waals surface area contributed by atoms with Crippen molar-refractivity contribution in [2.45, 2.75) is 26.8 Å². The minimum absolute atomic E-state index is 0.394. The second-order valence-corrected chi connectivity index (χ2v) is 3.89. The van der Waals surface area contributed by atoms with Gasteiger partial charge < -0.3 is 4.90 Å². The molecule has 14 heavy (non-hydrogen) atoms. The van der Waals surface area contributed by atoms with Gasteiger partial charge in [0.2, 0.25) is 0 Å². The Hall–Kier alpha value is -0.830. The van der Waals surface area contributed by atoms with Gasteiger partial charge in [-0.25, -0.2) is 0 Å². The van der Waals surface area contributed by atoms with E-state index < -0.39 is 0 Å². The number of alkyl halides is 1. The average molecular weight is 214 g/mol. The fourth-order valence-electron chi connectivity index (χ4n) is 1.27. The van der Waals surface area contributed by atoms with Crippen LogP contribution in [0.1, 0.15) is 19.5 Å². The highest BCUT2D eigenvalue weighted by atomic mass is 35.5. The van der Waals surface area contributed by atoms with Gasteiger partial charge in [-0.05, 0) is 32.9 Å². The molecule has 78 valence electrons. The molecule has 0 bridgehead atoms. The van der Waals surface area contributed by atoms with E-state index in [9.17, 15) is 0 Å². The standard InChI is InChI=1S/C10H16ClN3/c1-8(2)14(7-6-11)10-5-4-9(3)12-13-10/h4-5,8H,6-7H2,1-3H3. The molecule has 0 radical (unpaired) electrons. The lowest BCUT2D eigenvalue weighted by Crippen LogP contribution is -2.33. The zero-order chi connectivity index (χ0) is 10.6. The summed E-state index contributed by atoms with van der Waals surface area (Å²) in [6.07, 6.45) is 0. The van der Waals surface area contributed by atoms with E-state index in [0.717, 1.165) is 18.1 Å². The first-order valence-electron chi connectivity index (χ1n) is 4.78. The summed E-state index contributed by atoms with van der Waals surface area (Å²) >= 11 is 5.73. The van der Waals surface area contributed by atoms with Gasteiger partial charge in [0, 0.05) is 18.5 Å². The maximum atomic E-state index is 5.73. The van der Waals surface area contributed by atoms with Gasteiger partial charge in [-0.1, -0.05) is 0 Å². The van der Waals surface area contributed by atoms with Crippen LogP contribution in [0, 0.1) is 6.92 Å². The summed E-state index contributed by atoms with van der Waals surface area (Å²) in [4.78, 5) is 2.14. The molecule has 0 atom stereocenters. The first-order valence-corrected chi connectivity index (χ1v) is 5.31. The lowest BCUT2D eigenvalue weighted by atomic mass is 10.3. The van der Waals surface area contributed by atoms with Crippen molar-refractivity contribution < 1.29 is 0 Å². The number of aryl methyl sites for hydroxylation is 1. The quantitative estimate of drug-likeness (QED) is 0.719. The highest BCUT2D eigenvalue weighted by Crippen LogP contribution is 2.12. The predicted molar refractivity (Wildman–Crippen MR) is 60.0 cm³/mol. The van der Waals surface area contributed by atoms with Crippen molar-refractivity contribution in [2.24, 2.45) is 0 Å². The zero-order valence-electron chi connectivity index (χ0n) is 8.87. The average Bonchev–Trinajstić information content (AvgIpc) is 2.15. The molecule has 0 spiro atoms. The zero-order valence-corrected chi connectivity index (χ0v) is 9.62. The molecule has 0 N–H and O–H groups in total. The van der Waals surface area contributed by atoms with E-state index >= 15 is 0 Å². The molecule has 4 heteroatoms. The van der Waals surface area contributed by atoms with Crippen LogP contribution in [0.15, 0.2) is 12.1 Å². The molecule has 1 heterocycles. The Kier molecular flexibility index (Phi) is 4.14. The Morgan fingerprint density at radius 1 is 1.36 bits per heavy atom. The molecule has 1 aromatic rings. The van der Waals surface area contributed by atoms with Crippen LogP contribution in [-0.2, 0) is 0 Å². The van der Waals surface area contributed by atoms with E-state index in [1.165, 1.54) is 0 Å². The summed E-state index contributed by atoms with van der Waals surface area (Å²) in [5.74, 6) is 1.50. The van der Waals surface area contributed by atoms with Crippen LogP contribution in [0.5, 0.6) is 0 Å². The lowest BCUT2D eigenvalue weighted by Gasteiger charge is -2.26. The van der Waals surface area contributed by atoms with Gasteiger partial charge in [-0.3, -0.25) is 0 Å². The smallest absolute Gasteiger partial charge is 0.151 e. The number of aromatic nitrogens is 2. The first-order chi connectivity index (χ1) is 6.65. The second-order valence-electron chi connectivity index (χ2n) is 3.51. The van der Waals surface area contributed by atoms with E-state index in [1.54, 1.807) is 0 Å². The maximum Gasteiger partial charge on any atom is 0.151 e. The molecule has 1 aromatic heterocycles. The topological polar surface area (TPSA) is 29.0 Å². The predicted octanol–water partition coefficient (Wildman–Crippen LogP) is 2.24. The number of halogens is 1. The molecule has 0 aliphatic rings. The molecule has 0 saturated heterocycles. The molecule has 0 fully saturated rings. The maximum absolute atomic E-state index is 5.73. The van der Waals surface area contributed by atoms with Gasteiger partial charge >= 0.3 is 0 Å². The highest BCUT2D eigenvalue weighted by Gasteiger charge is 2.10. The lowest BCUT2D eigenvalue weighted by molar-refractivity contribution is 0.687. The number of hydrogen-bond donors (Lipinski definition) is 0. The van der Waals surface area contributed by atoms with E-state index in [4.69, 9.17) is 11.6 Å². The van der Waals surface area contributed by atoms with Crippen LogP contribution in [-0.4, -0.2) is 28.7 Å². The van der Waals surface area contributed by atoms with E-state index in [2.05, 4.69) is 28.9 Å². The third-order valence-corrected chi connectivity index (χ3v) is 2.20. The Labute approximate surface area is 90.1 Å². The molecule has 0 aliphatic carbocycles. The summed E-state index contributed by atoms with van der Waals surface area (Å²) in [7, 11) is 0. The van der Waals surface area contributed by atoms with Crippen LogP contribution in [0.2, 0.25) is 0 Å². The summed E-state index contributed by atoms with van der Waals surface area (Å²) in [5, 5.41) is 8.17. The van der Waals surface area contributed by atoms with Gasteiger partial charge in [-0.15, -0.1) is 16.7 Å². The Balaban J connectivity index is 2.82. The summed E-state index contributed by atoms with van der Waals surface area (Å²) in [5.41, 5.74) is 0.934. The molecule has 0 amide bonds. The molecule has 0 aromatic carbocycles. The minimum atomic E-state index is 0.394. The monoisotopic (exact) mass is 213 g/mol. The third-order valence-electron chi connectivity index (χ3n) is 2.03. The number of anilines is 1. The number of hydrogen-bond acceptors (Lipinski definition) is 3. The molecule has 0 unspecified atom stereocenters. The Morgan fingerprint density at radius 3 is 2.50 bits per heavy atom. The summed E-state index contributed by atoms with van der Waals surface area (Å²) < 4.78 is 0. The summed E-state index contributed by atoms with van der Waals surface area (Å²) in [6, 6.07) is 4.34. The van der Waals surface area contributed by atoms with E-state index in [-0.39, 0.29) is 0 Å². The van der Waals surface area contributed by atoms with Crippen LogP contribution >= 0.6 is 11.6 Å². The first kappa shape index (κ1) is 11.2. The Morgan fingerprint density at radius 2 is 2.07 bits per heavy atom. The second kappa shape index (κ2) is 5.15. The van der Waals surface area contributed by atoms with Crippen molar-refractivity contribution in [3.8, 4) is 0 Å². The van der Waals surface area contributed by atoms with Crippen LogP contribution in [0.4, 0.5) is 5.82 Å². The van der Waals surface area contributed by atoms with Crippen LogP contribution in [0.3, 0.4) is 0 Å². The van der Waals surface area contributed by atoms with Gasteiger partial charge in [0.15, 0.2) is 5.82 Å². The van der Waals surface area contributed by atoms with Crippen LogP contribution in [0.25, 0.3) is 0 Å². The van der Waals surface area contributed by atoms with Gasteiger partial charge in [0.1, 0.15) is 0 Å². The van der Waals surface area contributed by atoms with Crippen molar-refractivity contribution in [2.75, 3.05) is 17.3 Å². The van der Waals surface area contributed by atoms with Crippen molar-refractivity contribution in [3.63, 3.8) is 0 Å². The van der Waals surface area contributed by atoms with Crippen LogP contribution < -0.4 is 4.90 Å². The molecular formula is C10H16ClN3. The minimum Gasteiger partial charge on any atom is -0.352 e. The SMILES string of the molecule is Cc1ccc(N(CCCl)C(C)C)nn1. The van der Waals surface area contributed by atoms with E-state index in [1.807, 2.05) is 19.1 Å². The fraction of sp³-hybridized carbons (Fsp3) is 0.600. The summed E-state index contributed by atoms with van der Waals surface area (Å²) in [6.45, 7) is 6.97. The molecule has 0 saturated carbocycles. The van der Waals surface area contributed by atoms with Crippen molar-refractivity contribution in [1.82, 2.24) is 10.2 Å². The van der Waals surface area contributed by atoms with Crippen molar-refractivity contribution in [1.29, 1.82) is 0 Å². The third kappa shape index (κ3) is 2.84. The number of rotatable bonds is 4. The van der Waals surface area contributed by atoms with Gasteiger partial charge in [0.05, 0.1) is 5.69 Å². The molecule has 0 aliphatic heterocycles. The number of nitrogens with zero attached hydrogens (tertiary/aromatic N) is 3. The van der Waals surface area contributed by atoms with E-state index in [0.29, 0.717) is 11.9 Å². The van der Waals surface area contributed by atoms with Gasteiger partial charge in [0.25, 0.3) is 0 Å². The van der Waals surface area contributed by atoms with Crippen molar-refractivity contribution >= 4 is 17.4 Å². The largest absolute Gasteiger partial charge is 0.352 e. The normalized spacial score (nSPS) is 10.6. The van der Waals surface area contributed by atoms with Crippen molar-refractivity contribution in [3.05, 3.63) is 17.8 Å². The molecule has 3 nitrogen and oxygen atoms in total. The Bertz CT molecular complexity index is 271. The molecular weight excluding hydrogens is 198 g/mol. The highest BCUT2D eigenvalue weighted by molar-refractivity contribution is 6.18. The fourth-order valence-corrected chi connectivity index (χ4v) is 1.46. The molecule has 1 rings (SSSR count). The van der Waals surface area contributed by atoms with Gasteiger partial charge in [-0.2, -0.15) is 5.10 Å².